The number of H-pyrrole nitrogens is 1. The molecule has 1 aromatic heterocycles. The molecular formula is C15H11F3N2O. The van der Waals surface area contributed by atoms with Crippen molar-refractivity contribution in [3.8, 4) is 0 Å². The van der Waals surface area contributed by atoms with Gasteiger partial charge >= 0.3 is 11.9 Å². The van der Waals surface area contributed by atoms with Crippen LogP contribution >= 0.6 is 0 Å². The molecule has 0 aliphatic carbocycles. The predicted molar refractivity (Wildman–Crippen MR) is 73.1 cm³/mol. The van der Waals surface area contributed by atoms with Crippen molar-refractivity contribution in [3.05, 3.63) is 70.1 Å². The van der Waals surface area contributed by atoms with E-state index in [0.29, 0.717) is 11.1 Å². The summed E-state index contributed by atoms with van der Waals surface area (Å²) in [5, 5.41) is 0. The fourth-order valence-corrected chi connectivity index (χ4v) is 2.25. The van der Waals surface area contributed by atoms with Crippen LogP contribution in [0.3, 0.4) is 0 Å². The molecule has 3 aromatic rings. The Morgan fingerprint density at radius 1 is 1.00 bits per heavy atom. The van der Waals surface area contributed by atoms with Crippen molar-refractivity contribution >= 4 is 11.0 Å². The number of para-hydroxylation sites is 2. The summed E-state index contributed by atoms with van der Waals surface area (Å²) in [6.45, 7) is 0.223. The summed E-state index contributed by atoms with van der Waals surface area (Å²) in [6, 6.07) is 12.0. The molecule has 3 rings (SSSR count). The highest BCUT2D eigenvalue weighted by molar-refractivity contribution is 5.75. The molecule has 1 N–H and O–H groups in total. The van der Waals surface area contributed by atoms with E-state index in [-0.39, 0.29) is 12.2 Å². The Balaban J connectivity index is 1.96. The van der Waals surface area contributed by atoms with Crippen LogP contribution in [0.4, 0.5) is 13.2 Å². The van der Waals surface area contributed by atoms with Gasteiger partial charge in [0.05, 0.1) is 23.1 Å². The number of benzene rings is 2. The number of halogens is 3. The molecule has 0 atom stereocenters. The first-order chi connectivity index (χ1) is 9.95. The number of nitrogens with zero attached hydrogens (tertiary/aromatic N) is 1. The van der Waals surface area contributed by atoms with Crippen LogP contribution in [0.1, 0.15) is 11.1 Å². The van der Waals surface area contributed by atoms with Crippen LogP contribution in [0.25, 0.3) is 11.0 Å². The number of aromatic nitrogens is 2. The normalized spacial score (nSPS) is 12.0. The average Bonchev–Trinajstić information content (AvgIpc) is 2.75. The van der Waals surface area contributed by atoms with Crippen molar-refractivity contribution in [2.24, 2.45) is 0 Å². The van der Waals surface area contributed by atoms with Gasteiger partial charge in [-0.05, 0) is 29.8 Å². The van der Waals surface area contributed by atoms with E-state index < -0.39 is 11.7 Å². The van der Waals surface area contributed by atoms with Gasteiger partial charge in [-0.2, -0.15) is 13.2 Å². The maximum Gasteiger partial charge on any atom is 0.416 e. The molecule has 0 aliphatic heterocycles. The molecule has 0 saturated heterocycles. The molecule has 1 heterocycles. The van der Waals surface area contributed by atoms with Crippen LogP contribution in [-0.2, 0) is 12.7 Å². The molecule has 0 amide bonds. The van der Waals surface area contributed by atoms with Gasteiger partial charge in [0.25, 0.3) is 0 Å². The van der Waals surface area contributed by atoms with Crippen LogP contribution in [0.15, 0.2) is 53.3 Å². The first-order valence-corrected chi connectivity index (χ1v) is 6.29. The van der Waals surface area contributed by atoms with Crippen LogP contribution in [0, 0.1) is 0 Å². The lowest BCUT2D eigenvalue weighted by Gasteiger charge is -2.08. The van der Waals surface area contributed by atoms with Gasteiger partial charge in [-0.15, -0.1) is 0 Å². The lowest BCUT2D eigenvalue weighted by molar-refractivity contribution is -0.137. The third kappa shape index (κ3) is 2.56. The van der Waals surface area contributed by atoms with Crippen LogP contribution in [0.5, 0.6) is 0 Å². The Bertz CT molecular complexity index is 828. The highest BCUT2D eigenvalue weighted by Crippen LogP contribution is 2.29. The highest BCUT2D eigenvalue weighted by Gasteiger charge is 2.29. The van der Waals surface area contributed by atoms with E-state index >= 15 is 0 Å². The molecule has 2 aromatic carbocycles. The second kappa shape index (κ2) is 4.80. The van der Waals surface area contributed by atoms with E-state index in [9.17, 15) is 18.0 Å². The molecule has 108 valence electrons. The molecule has 0 unspecified atom stereocenters. The molecule has 3 nitrogen and oxygen atoms in total. The molecule has 0 aliphatic rings. The largest absolute Gasteiger partial charge is 0.416 e. The van der Waals surface area contributed by atoms with Gasteiger partial charge in [-0.3, -0.25) is 4.57 Å². The van der Waals surface area contributed by atoms with Gasteiger partial charge in [0.1, 0.15) is 0 Å². The molecule has 0 bridgehead atoms. The van der Waals surface area contributed by atoms with Crippen molar-refractivity contribution in [1.29, 1.82) is 0 Å². The summed E-state index contributed by atoms with van der Waals surface area (Å²) in [5.41, 5.74) is 1.08. The van der Waals surface area contributed by atoms with E-state index in [1.165, 1.54) is 16.7 Å². The zero-order chi connectivity index (χ0) is 15.0. The zero-order valence-electron chi connectivity index (χ0n) is 10.8. The molecular weight excluding hydrogens is 281 g/mol. The molecule has 0 saturated carbocycles. The number of imidazole rings is 1. The highest BCUT2D eigenvalue weighted by atomic mass is 19.4. The monoisotopic (exact) mass is 292 g/mol. The number of hydrogen-bond donors (Lipinski definition) is 1. The molecule has 6 heteroatoms. The smallest absolute Gasteiger partial charge is 0.306 e. The lowest BCUT2D eigenvalue weighted by atomic mass is 10.1. The Kier molecular flexibility index (Phi) is 3.08. The summed E-state index contributed by atoms with van der Waals surface area (Å²) < 4.78 is 39.0. The molecule has 0 radical (unpaired) electrons. The van der Waals surface area contributed by atoms with Crippen LogP contribution in [0.2, 0.25) is 0 Å². The standard InChI is InChI=1S/C15H11F3N2O/c16-15(17,18)11-7-5-10(6-8-11)9-20-13-4-2-1-3-12(13)19-14(20)21/h1-8H,9H2,(H,19,21). The van der Waals surface area contributed by atoms with Crippen molar-refractivity contribution < 1.29 is 13.2 Å². The fraction of sp³-hybridized carbons (Fsp3) is 0.133. The Morgan fingerprint density at radius 3 is 2.33 bits per heavy atom. The average molecular weight is 292 g/mol. The molecule has 21 heavy (non-hydrogen) atoms. The van der Waals surface area contributed by atoms with Gasteiger partial charge in [0.15, 0.2) is 0 Å². The van der Waals surface area contributed by atoms with Gasteiger partial charge in [0.2, 0.25) is 0 Å². The Labute approximate surface area is 117 Å². The molecule has 0 fully saturated rings. The van der Waals surface area contributed by atoms with E-state index in [0.717, 1.165) is 17.6 Å². The first-order valence-electron chi connectivity index (χ1n) is 6.29. The summed E-state index contributed by atoms with van der Waals surface area (Å²) >= 11 is 0. The van der Waals surface area contributed by atoms with Crippen LogP contribution < -0.4 is 5.69 Å². The van der Waals surface area contributed by atoms with E-state index in [4.69, 9.17) is 0 Å². The lowest BCUT2D eigenvalue weighted by Crippen LogP contribution is -2.17. The minimum absolute atomic E-state index is 0.223. The quantitative estimate of drug-likeness (QED) is 0.772. The Hall–Kier alpha value is -2.50. The van der Waals surface area contributed by atoms with Crippen molar-refractivity contribution in [1.82, 2.24) is 9.55 Å². The van der Waals surface area contributed by atoms with Crippen molar-refractivity contribution in [2.75, 3.05) is 0 Å². The maximum atomic E-state index is 12.5. The van der Waals surface area contributed by atoms with E-state index in [2.05, 4.69) is 4.98 Å². The van der Waals surface area contributed by atoms with E-state index in [1.807, 2.05) is 0 Å². The van der Waals surface area contributed by atoms with Crippen LogP contribution in [-0.4, -0.2) is 9.55 Å². The van der Waals surface area contributed by atoms with E-state index in [1.54, 1.807) is 24.3 Å². The van der Waals surface area contributed by atoms with Gasteiger partial charge in [-0.1, -0.05) is 24.3 Å². The van der Waals surface area contributed by atoms with Crippen molar-refractivity contribution in [2.45, 2.75) is 12.7 Å². The minimum Gasteiger partial charge on any atom is -0.306 e. The zero-order valence-corrected chi connectivity index (χ0v) is 10.8. The number of rotatable bonds is 2. The maximum absolute atomic E-state index is 12.5. The number of fused-ring (bicyclic) bond motifs is 1. The number of alkyl halides is 3. The predicted octanol–water partition coefficient (Wildman–Crippen LogP) is 3.40. The molecule has 0 spiro atoms. The summed E-state index contributed by atoms with van der Waals surface area (Å²) in [4.78, 5) is 14.6. The fourth-order valence-electron chi connectivity index (χ4n) is 2.25. The van der Waals surface area contributed by atoms with Gasteiger partial charge < -0.3 is 4.98 Å². The number of aromatic amines is 1. The number of nitrogens with one attached hydrogen (secondary N) is 1. The summed E-state index contributed by atoms with van der Waals surface area (Å²) in [6.07, 6.45) is -4.35. The number of hydrogen-bond acceptors (Lipinski definition) is 1. The third-order valence-corrected chi connectivity index (χ3v) is 3.30. The summed E-state index contributed by atoms with van der Waals surface area (Å²) in [5.74, 6) is 0. The van der Waals surface area contributed by atoms with Crippen molar-refractivity contribution in [3.63, 3.8) is 0 Å². The second-order valence-corrected chi connectivity index (χ2v) is 4.73. The minimum atomic E-state index is -4.35. The summed E-state index contributed by atoms with van der Waals surface area (Å²) in [7, 11) is 0. The second-order valence-electron chi connectivity index (χ2n) is 4.73. The third-order valence-electron chi connectivity index (χ3n) is 3.30. The first kappa shape index (κ1) is 13.5. The van der Waals surface area contributed by atoms with Gasteiger partial charge in [0, 0.05) is 0 Å². The topological polar surface area (TPSA) is 37.8 Å². The van der Waals surface area contributed by atoms with Gasteiger partial charge in [-0.25, -0.2) is 4.79 Å². The SMILES string of the molecule is O=c1[nH]c2ccccc2n1Cc1ccc(C(F)(F)F)cc1. The Morgan fingerprint density at radius 2 is 1.67 bits per heavy atom.